The van der Waals surface area contributed by atoms with Gasteiger partial charge in [-0.2, -0.15) is 5.10 Å². The van der Waals surface area contributed by atoms with Gasteiger partial charge in [-0.05, 0) is 51.0 Å². The number of carbonyl (C=O) groups is 3. The highest BCUT2D eigenvalue weighted by Crippen LogP contribution is 2.27. The van der Waals surface area contributed by atoms with Crippen molar-refractivity contribution in [3.05, 3.63) is 70.1 Å². The number of amides is 2. The van der Waals surface area contributed by atoms with Gasteiger partial charge >= 0.3 is 12.1 Å². The molecule has 0 saturated carbocycles. The second-order valence-corrected chi connectivity index (χ2v) is 13.5. The van der Waals surface area contributed by atoms with Crippen molar-refractivity contribution >= 4 is 40.9 Å². The van der Waals surface area contributed by atoms with Crippen molar-refractivity contribution in [1.82, 2.24) is 35.4 Å². The van der Waals surface area contributed by atoms with E-state index in [9.17, 15) is 19.5 Å². The van der Waals surface area contributed by atoms with Crippen molar-refractivity contribution in [3.8, 4) is 11.3 Å². The summed E-state index contributed by atoms with van der Waals surface area (Å²) in [6, 6.07) is 6.44. The van der Waals surface area contributed by atoms with Crippen LogP contribution in [0.15, 0.2) is 49.1 Å². The van der Waals surface area contributed by atoms with E-state index in [0.29, 0.717) is 28.8 Å². The minimum Gasteiger partial charge on any atom is -0.480 e. The molecule has 4 N–H and O–H groups in total. The predicted molar refractivity (Wildman–Crippen MR) is 170 cm³/mol. The Kier molecular flexibility index (Phi) is 9.86. The zero-order valence-corrected chi connectivity index (χ0v) is 27.2. The third-order valence-electron chi connectivity index (χ3n) is 6.35. The number of carboxylic acid groups (broad SMARTS) is 1. The molecule has 3 heterocycles. The molecule has 0 aliphatic carbocycles. The maximum absolute atomic E-state index is 12.7. The standard InChI is InChI=1S/C31H38N8O5S/c1-18-12-19(8-9-20(18)13-33-25(40)24-15-34-27(45-24)30(2,3)4)22-10-11-32-28(37-22)36-21-14-35-39(16-21)17-23(26(41)42)38-29(43)44-31(5,6)7/h8-12,14-16,23H,13,17H2,1-7H3,(H,33,40)(H,38,43)(H,41,42)(H,32,36,37)/t23-/m0/s1. The number of benzene rings is 1. The number of carboxylic acids is 1. The van der Waals surface area contributed by atoms with E-state index in [1.807, 2.05) is 25.1 Å². The Morgan fingerprint density at radius 1 is 1.07 bits per heavy atom. The summed E-state index contributed by atoms with van der Waals surface area (Å²) >= 11 is 1.41. The molecule has 4 aromatic rings. The van der Waals surface area contributed by atoms with Crippen molar-refractivity contribution < 1.29 is 24.2 Å². The summed E-state index contributed by atoms with van der Waals surface area (Å²) in [6.45, 7) is 13.5. The average Bonchev–Trinajstić information content (AvgIpc) is 3.61. The molecule has 0 spiro atoms. The third kappa shape index (κ3) is 9.32. The Morgan fingerprint density at radius 3 is 2.47 bits per heavy atom. The minimum absolute atomic E-state index is 0.109. The van der Waals surface area contributed by atoms with Crippen LogP contribution < -0.4 is 16.0 Å². The number of ether oxygens (including phenoxy) is 1. The van der Waals surface area contributed by atoms with E-state index in [0.717, 1.165) is 21.7 Å². The molecule has 238 valence electrons. The van der Waals surface area contributed by atoms with Crippen LogP contribution in [-0.2, 0) is 28.0 Å². The van der Waals surface area contributed by atoms with Gasteiger partial charge in [0.2, 0.25) is 5.95 Å². The minimum atomic E-state index is -1.25. The lowest BCUT2D eigenvalue weighted by Crippen LogP contribution is -2.45. The number of aromatic nitrogens is 5. The lowest BCUT2D eigenvalue weighted by atomic mass is 9.98. The monoisotopic (exact) mass is 634 g/mol. The molecule has 0 bridgehead atoms. The number of anilines is 2. The Labute approximate surface area is 265 Å². The van der Waals surface area contributed by atoms with Crippen LogP contribution in [0.3, 0.4) is 0 Å². The molecule has 13 nitrogen and oxygen atoms in total. The molecule has 1 aromatic carbocycles. The van der Waals surface area contributed by atoms with Gasteiger partial charge in [-0.3, -0.25) is 9.48 Å². The number of aliphatic carboxylic acids is 1. The normalized spacial score (nSPS) is 12.3. The number of nitrogens with one attached hydrogen (secondary N) is 3. The van der Waals surface area contributed by atoms with Crippen LogP contribution in [0.4, 0.5) is 16.4 Å². The first-order chi connectivity index (χ1) is 21.1. The van der Waals surface area contributed by atoms with Crippen LogP contribution >= 0.6 is 11.3 Å². The van der Waals surface area contributed by atoms with Gasteiger partial charge in [-0.25, -0.2) is 24.5 Å². The quantitative estimate of drug-likeness (QED) is 0.185. The molecular weight excluding hydrogens is 596 g/mol. The van der Waals surface area contributed by atoms with Crippen LogP contribution in [0.25, 0.3) is 11.3 Å². The molecule has 0 aliphatic heterocycles. The largest absolute Gasteiger partial charge is 0.480 e. The van der Waals surface area contributed by atoms with Gasteiger partial charge < -0.3 is 25.8 Å². The number of rotatable bonds is 10. The van der Waals surface area contributed by atoms with E-state index in [4.69, 9.17) is 4.74 Å². The maximum atomic E-state index is 12.7. The van der Waals surface area contributed by atoms with Crippen LogP contribution in [0.1, 0.15) is 67.3 Å². The van der Waals surface area contributed by atoms with E-state index in [1.54, 1.807) is 45.4 Å². The number of alkyl carbamates (subject to hydrolysis) is 1. The molecule has 1 atom stereocenters. The van der Waals surface area contributed by atoms with Crippen LogP contribution in [0.5, 0.6) is 0 Å². The Morgan fingerprint density at radius 2 is 1.82 bits per heavy atom. The second kappa shape index (κ2) is 13.4. The molecule has 2 amide bonds. The van der Waals surface area contributed by atoms with Crippen LogP contribution in [-0.4, -0.2) is 59.5 Å². The molecule has 3 aromatic heterocycles. The summed E-state index contributed by atoms with van der Waals surface area (Å²) in [5.41, 5.74) is 3.20. The molecule has 0 saturated heterocycles. The van der Waals surface area contributed by atoms with Crippen molar-refractivity contribution in [2.45, 2.75) is 78.6 Å². The number of nitrogens with zero attached hydrogens (tertiary/aromatic N) is 5. The summed E-state index contributed by atoms with van der Waals surface area (Å²) in [5, 5.41) is 23.1. The topological polar surface area (TPSA) is 173 Å². The van der Waals surface area contributed by atoms with Gasteiger partial charge in [0.1, 0.15) is 16.5 Å². The lowest BCUT2D eigenvalue weighted by molar-refractivity contribution is -0.139. The molecule has 0 radical (unpaired) electrons. The highest BCUT2D eigenvalue weighted by molar-refractivity contribution is 7.13. The first-order valence-electron chi connectivity index (χ1n) is 14.3. The van der Waals surface area contributed by atoms with E-state index >= 15 is 0 Å². The van der Waals surface area contributed by atoms with Gasteiger partial charge in [0, 0.05) is 29.9 Å². The highest BCUT2D eigenvalue weighted by atomic mass is 32.1. The van der Waals surface area contributed by atoms with Crippen molar-refractivity contribution in [1.29, 1.82) is 0 Å². The van der Waals surface area contributed by atoms with Crippen molar-refractivity contribution in [2.75, 3.05) is 5.32 Å². The van der Waals surface area contributed by atoms with Crippen LogP contribution in [0.2, 0.25) is 0 Å². The van der Waals surface area contributed by atoms with E-state index in [-0.39, 0.29) is 17.9 Å². The molecule has 0 aliphatic rings. The zero-order chi connectivity index (χ0) is 32.9. The predicted octanol–water partition coefficient (Wildman–Crippen LogP) is 5.05. The number of aryl methyl sites for hydroxylation is 1. The smallest absolute Gasteiger partial charge is 0.408 e. The highest BCUT2D eigenvalue weighted by Gasteiger charge is 2.25. The summed E-state index contributed by atoms with van der Waals surface area (Å²) in [5.74, 6) is -1.05. The van der Waals surface area contributed by atoms with E-state index in [2.05, 4.69) is 56.8 Å². The molecule has 0 fully saturated rings. The van der Waals surface area contributed by atoms with Crippen molar-refractivity contribution in [2.24, 2.45) is 0 Å². The maximum Gasteiger partial charge on any atom is 0.408 e. The molecule has 4 rings (SSSR count). The van der Waals surface area contributed by atoms with Gasteiger partial charge in [0.15, 0.2) is 0 Å². The summed E-state index contributed by atoms with van der Waals surface area (Å²) in [4.78, 5) is 50.4. The summed E-state index contributed by atoms with van der Waals surface area (Å²) < 4.78 is 6.55. The average molecular weight is 635 g/mol. The first kappa shape index (κ1) is 33.1. The number of thiazole rings is 1. The fourth-order valence-electron chi connectivity index (χ4n) is 4.10. The fraction of sp³-hybridized carbons (Fsp3) is 0.387. The van der Waals surface area contributed by atoms with Gasteiger partial charge in [-0.15, -0.1) is 11.3 Å². The molecular formula is C31H38N8O5S. The SMILES string of the molecule is Cc1cc(-c2ccnc(Nc3cnn(C[C@H](NC(=O)OC(C)(C)C)C(=O)O)c3)n2)ccc1CNC(=O)c1cnc(C(C)(C)C)s1. The summed E-state index contributed by atoms with van der Waals surface area (Å²) in [7, 11) is 0. The first-order valence-corrected chi connectivity index (χ1v) is 15.1. The van der Waals surface area contributed by atoms with Gasteiger partial charge in [-0.1, -0.05) is 32.9 Å². The van der Waals surface area contributed by atoms with Gasteiger partial charge in [0.25, 0.3) is 5.91 Å². The van der Waals surface area contributed by atoms with Crippen LogP contribution in [0, 0.1) is 6.92 Å². The fourth-order valence-corrected chi connectivity index (χ4v) is 4.99. The van der Waals surface area contributed by atoms with Gasteiger partial charge in [0.05, 0.1) is 35.3 Å². The Hall–Kier alpha value is -4.85. The molecule has 0 unspecified atom stereocenters. The Bertz CT molecular complexity index is 1690. The third-order valence-corrected chi connectivity index (χ3v) is 7.77. The lowest BCUT2D eigenvalue weighted by Gasteiger charge is -2.21. The summed E-state index contributed by atoms with van der Waals surface area (Å²) in [6.07, 6.45) is 5.52. The van der Waals surface area contributed by atoms with Crippen molar-refractivity contribution in [3.63, 3.8) is 0 Å². The Balaban J connectivity index is 1.37. The second-order valence-electron chi connectivity index (χ2n) is 12.5. The van der Waals surface area contributed by atoms with E-state index in [1.165, 1.54) is 22.2 Å². The van der Waals surface area contributed by atoms with E-state index < -0.39 is 23.7 Å². The number of hydrogen-bond donors (Lipinski definition) is 4. The molecule has 14 heteroatoms. The number of hydrogen-bond acceptors (Lipinski definition) is 10. The zero-order valence-electron chi connectivity index (χ0n) is 26.3. The molecule has 45 heavy (non-hydrogen) atoms. The number of carbonyl (C=O) groups excluding carboxylic acids is 2.